The zero-order chi connectivity index (χ0) is 33.4. The van der Waals surface area contributed by atoms with Crippen molar-refractivity contribution in [1.82, 2.24) is 24.6 Å². The Hall–Kier alpha value is -4.37. The molecule has 16 heteroatoms. The molecule has 3 heterocycles. The highest BCUT2D eigenvalue weighted by atomic mass is 19.4. The number of carbonyl (C=O) groups is 2. The fourth-order valence-corrected chi connectivity index (χ4v) is 5.82. The second-order valence-electron chi connectivity index (χ2n) is 11.5. The van der Waals surface area contributed by atoms with Crippen molar-refractivity contribution in [3.8, 4) is 11.1 Å². The van der Waals surface area contributed by atoms with Gasteiger partial charge in [0.05, 0.1) is 36.4 Å². The van der Waals surface area contributed by atoms with Crippen molar-refractivity contribution in [2.24, 2.45) is 13.0 Å². The minimum absolute atomic E-state index is 0.0588. The normalized spacial score (nSPS) is 21.5. The van der Waals surface area contributed by atoms with Crippen LogP contribution in [-0.2, 0) is 40.2 Å². The monoisotopic (exact) mass is 654 g/mol. The number of aromatic nitrogens is 4. The highest BCUT2D eigenvalue weighted by Crippen LogP contribution is 2.38. The fourth-order valence-electron chi connectivity index (χ4n) is 5.82. The zero-order valence-electron chi connectivity index (χ0n) is 25.2. The van der Waals surface area contributed by atoms with Gasteiger partial charge in [0.25, 0.3) is 0 Å². The van der Waals surface area contributed by atoms with Crippen LogP contribution in [0.4, 0.5) is 37.1 Å². The highest BCUT2D eigenvalue weighted by Gasteiger charge is 2.43. The summed E-state index contributed by atoms with van der Waals surface area (Å²) < 4.78 is 94.0. The van der Waals surface area contributed by atoms with Gasteiger partial charge in [-0.25, -0.2) is 14.8 Å². The molecule has 1 saturated heterocycles. The number of likely N-dealkylation sites (tertiary alicyclic amines) is 1. The molecule has 1 aliphatic heterocycles. The molecule has 2 fully saturated rings. The lowest BCUT2D eigenvalue weighted by molar-refractivity contribution is -0.153. The largest absolute Gasteiger partial charge is 0.469 e. The summed E-state index contributed by atoms with van der Waals surface area (Å²) in [7, 11) is 3.01. The first-order valence-corrected chi connectivity index (χ1v) is 14.6. The zero-order valence-corrected chi connectivity index (χ0v) is 25.2. The summed E-state index contributed by atoms with van der Waals surface area (Å²) in [4.78, 5) is 36.8. The van der Waals surface area contributed by atoms with E-state index in [-0.39, 0.29) is 42.1 Å². The number of esters is 1. The quantitative estimate of drug-likeness (QED) is 0.220. The lowest BCUT2D eigenvalue weighted by atomic mass is 9.82. The molecular weight excluding hydrogens is 622 g/mol. The first-order valence-electron chi connectivity index (χ1n) is 14.6. The third-order valence-corrected chi connectivity index (χ3v) is 8.37. The molecule has 2 unspecified atom stereocenters. The predicted octanol–water partition coefficient (Wildman–Crippen LogP) is 5.86. The predicted molar refractivity (Wildman–Crippen MR) is 151 cm³/mol. The number of ether oxygens (including phenoxy) is 2. The average molecular weight is 655 g/mol. The number of hydrogen-bond donors (Lipinski definition) is 0. The van der Waals surface area contributed by atoms with E-state index in [1.54, 1.807) is 24.1 Å². The number of nitrogens with zero attached hydrogens (tertiary/aromatic N) is 6. The number of amides is 1. The third-order valence-electron chi connectivity index (χ3n) is 8.37. The summed E-state index contributed by atoms with van der Waals surface area (Å²) in [6.45, 7) is 1.52. The van der Waals surface area contributed by atoms with Crippen LogP contribution in [0.25, 0.3) is 11.1 Å². The van der Waals surface area contributed by atoms with E-state index in [4.69, 9.17) is 9.47 Å². The summed E-state index contributed by atoms with van der Waals surface area (Å²) in [5.41, 5.74) is -1.80. The third kappa shape index (κ3) is 7.20. The number of methoxy groups -OCH3 is 1. The van der Waals surface area contributed by atoms with Crippen LogP contribution >= 0.6 is 0 Å². The number of hydrogen-bond acceptors (Lipinski definition) is 8. The molecule has 10 nitrogen and oxygen atoms in total. The standard InChI is InChI=1S/C30H32F6N6O4/c1-4-23-10-24(16-42(23)28(44)46-25-7-18(8-25)26(43)45-3)41(27-37-11-19(12-38-27)20-13-39-40(2)15-20)14-17-5-21(29(31,32)33)9-22(6-17)30(34,35)36/h5-6,9,11-13,15,18,23-25H,4,7-8,10,14,16H2,1-3H3. The summed E-state index contributed by atoms with van der Waals surface area (Å²) in [6, 6.07) is 0.532. The van der Waals surface area contributed by atoms with Crippen LogP contribution in [0.5, 0.6) is 0 Å². The van der Waals surface area contributed by atoms with E-state index in [0.29, 0.717) is 48.9 Å². The molecule has 2 atom stereocenters. The van der Waals surface area contributed by atoms with E-state index in [0.717, 1.165) is 0 Å². The second-order valence-corrected chi connectivity index (χ2v) is 11.5. The van der Waals surface area contributed by atoms with E-state index < -0.39 is 48.3 Å². The van der Waals surface area contributed by atoms with Crippen LogP contribution < -0.4 is 4.90 Å². The number of halogens is 6. The number of alkyl halides is 6. The van der Waals surface area contributed by atoms with Crippen LogP contribution in [0.1, 0.15) is 49.3 Å². The van der Waals surface area contributed by atoms with E-state index in [1.165, 1.54) is 29.3 Å². The SMILES string of the molecule is CCC1CC(N(Cc2cc(C(F)(F)F)cc(C(F)(F)F)c2)c2ncc(-c3cnn(C)c3)cn2)CN1C(=O)OC1CC(C(=O)OC)C1. The van der Waals surface area contributed by atoms with Crippen LogP contribution in [-0.4, -0.2) is 68.6 Å². The maximum atomic E-state index is 13.7. The molecule has 0 spiro atoms. The number of aryl methyl sites for hydroxylation is 1. The molecule has 0 N–H and O–H groups in total. The molecule has 5 rings (SSSR count). The molecule has 0 bridgehead atoms. The van der Waals surface area contributed by atoms with Crippen molar-refractivity contribution in [3.63, 3.8) is 0 Å². The number of rotatable bonds is 8. The van der Waals surface area contributed by atoms with Crippen molar-refractivity contribution in [3.05, 3.63) is 59.7 Å². The Morgan fingerprint density at radius 1 is 0.957 bits per heavy atom. The molecule has 2 aromatic heterocycles. The molecule has 1 aliphatic carbocycles. The lowest BCUT2D eigenvalue weighted by Crippen LogP contribution is -2.44. The van der Waals surface area contributed by atoms with Crippen LogP contribution in [0.15, 0.2) is 43.0 Å². The molecule has 0 radical (unpaired) electrons. The Labute approximate surface area is 260 Å². The van der Waals surface area contributed by atoms with Gasteiger partial charge in [0, 0.05) is 55.9 Å². The number of carbonyl (C=O) groups excluding carboxylic acids is 2. The van der Waals surface area contributed by atoms with E-state index >= 15 is 0 Å². The highest BCUT2D eigenvalue weighted by molar-refractivity contribution is 5.74. The summed E-state index contributed by atoms with van der Waals surface area (Å²) in [6.07, 6.45) is -3.31. The van der Waals surface area contributed by atoms with Gasteiger partial charge in [-0.05, 0) is 49.4 Å². The smallest absolute Gasteiger partial charge is 0.416 e. The summed E-state index contributed by atoms with van der Waals surface area (Å²) in [5, 5.41) is 4.11. The molecule has 3 aromatic rings. The molecular formula is C30H32F6N6O4. The van der Waals surface area contributed by atoms with Gasteiger partial charge in [-0.2, -0.15) is 31.4 Å². The maximum absolute atomic E-state index is 13.7. The molecule has 46 heavy (non-hydrogen) atoms. The molecule has 1 aromatic carbocycles. The Balaban J connectivity index is 1.44. The van der Waals surface area contributed by atoms with E-state index in [9.17, 15) is 35.9 Å². The molecule has 248 valence electrons. The minimum atomic E-state index is -5.02. The van der Waals surface area contributed by atoms with Crippen LogP contribution in [0.2, 0.25) is 0 Å². The number of anilines is 1. The van der Waals surface area contributed by atoms with Gasteiger partial charge in [0.15, 0.2) is 0 Å². The Kier molecular flexibility index (Phi) is 9.18. The summed E-state index contributed by atoms with van der Waals surface area (Å²) in [5.74, 6) is -0.672. The van der Waals surface area contributed by atoms with Gasteiger partial charge < -0.3 is 19.3 Å². The fraction of sp³-hybridized carbons (Fsp3) is 0.500. The Bertz CT molecular complexity index is 1520. The van der Waals surface area contributed by atoms with Gasteiger partial charge in [0.2, 0.25) is 5.95 Å². The van der Waals surface area contributed by atoms with Gasteiger partial charge in [-0.3, -0.25) is 9.48 Å². The molecule has 1 amide bonds. The minimum Gasteiger partial charge on any atom is -0.469 e. The van der Waals surface area contributed by atoms with E-state index in [1.807, 2.05) is 6.92 Å². The maximum Gasteiger partial charge on any atom is 0.416 e. The van der Waals surface area contributed by atoms with Crippen molar-refractivity contribution < 1.29 is 45.4 Å². The second kappa shape index (κ2) is 12.8. The van der Waals surface area contributed by atoms with Crippen LogP contribution in [0.3, 0.4) is 0 Å². The Morgan fingerprint density at radius 2 is 1.59 bits per heavy atom. The van der Waals surface area contributed by atoms with Crippen molar-refractivity contribution in [2.75, 3.05) is 18.6 Å². The first-order chi connectivity index (χ1) is 21.7. The van der Waals surface area contributed by atoms with Crippen molar-refractivity contribution >= 4 is 18.0 Å². The summed E-state index contributed by atoms with van der Waals surface area (Å²) >= 11 is 0. The number of benzene rings is 1. The van der Waals surface area contributed by atoms with Crippen molar-refractivity contribution in [1.29, 1.82) is 0 Å². The van der Waals surface area contributed by atoms with Gasteiger partial charge >= 0.3 is 24.4 Å². The van der Waals surface area contributed by atoms with Crippen LogP contribution in [0, 0.1) is 5.92 Å². The average Bonchev–Trinajstić information content (AvgIpc) is 3.62. The first kappa shape index (κ1) is 33.0. The van der Waals surface area contributed by atoms with Gasteiger partial charge in [-0.15, -0.1) is 0 Å². The van der Waals surface area contributed by atoms with E-state index in [2.05, 4.69) is 15.1 Å². The Morgan fingerprint density at radius 3 is 2.11 bits per heavy atom. The lowest BCUT2D eigenvalue weighted by Gasteiger charge is -2.34. The topological polar surface area (TPSA) is 103 Å². The van der Waals surface area contributed by atoms with Gasteiger partial charge in [0.1, 0.15) is 6.10 Å². The van der Waals surface area contributed by atoms with Gasteiger partial charge in [-0.1, -0.05) is 6.92 Å². The molecule has 1 saturated carbocycles. The molecule has 2 aliphatic rings. The van der Waals surface area contributed by atoms with Crippen molar-refractivity contribution in [2.45, 2.75) is 69.7 Å².